The van der Waals surface area contributed by atoms with Gasteiger partial charge in [0, 0.05) is 18.5 Å². The molecule has 98 valence electrons. The van der Waals surface area contributed by atoms with Gasteiger partial charge in [0.2, 0.25) is 0 Å². The standard InChI is InChI=1S/C13H23NO3/c1-6-16-11(15)12(4)13(17-12)7-10(3)14(5)8-9(13)2/h9-10H,6-8H2,1-5H3/t9-,10-,12+,13-/m0/s1. The molecule has 0 aromatic carbocycles. The zero-order valence-electron chi connectivity index (χ0n) is 11.4. The second-order valence-electron chi connectivity index (χ2n) is 5.64. The number of rotatable bonds is 2. The summed E-state index contributed by atoms with van der Waals surface area (Å²) in [5.74, 6) is 0.154. The fourth-order valence-electron chi connectivity index (χ4n) is 3.18. The normalized spacial score (nSPS) is 45.9. The lowest BCUT2D eigenvalue weighted by Crippen LogP contribution is -2.51. The summed E-state index contributed by atoms with van der Waals surface area (Å²) in [5, 5.41) is 0. The van der Waals surface area contributed by atoms with Crippen LogP contribution in [-0.4, -0.2) is 48.3 Å². The monoisotopic (exact) mass is 241 g/mol. The van der Waals surface area contributed by atoms with E-state index in [9.17, 15) is 4.79 Å². The molecule has 0 aromatic rings. The maximum atomic E-state index is 12.0. The molecule has 0 unspecified atom stereocenters. The number of carbonyl (C=O) groups is 1. The van der Waals surface area contributed by atoms with Crippen molar-refractivity contribution in [2.45, 2.75) is 51.4 Å². The highest BCUT2D eigenvalue weighted by atomic mass is 16.7. The lowest BCUT2D eigenvalue weighted by molar-refractivity contribution is -0.149. The molecule has 17 heavy (non-hydrogen) atoms. The quantitative estimate of drug-likeness (QED) is 0.542. The Morgan fingerprint density at radius 3 is 2.76 bits per heavy atom. The van der Waals surface area contributed by atoms with Gasteiger partial charge in [0.25, 0.3) is 0 Å². The van der Waals surface area contributed by atoms with E-state index in [0.717, 1.165) is 13.0 Å². The summed E-state index contributed by atoms with van der Waals surface area (Å²) in [6.07, 6.45) is 0.903. The molecule has 4 heteroatoms. The molecule has 2 aliphatic heterocycles. The molecule has 0 saturated carbocycles. The first kappa shape index (κ1) is 12.8. The van der Waals surface area contributed by atoms with Gasteiger partial charge in [-0.1, -0.05) is 6.92 Å². The van der Waals surface area contributed by atoms with Crippen LogP contribution in [0, 0.1) is 5.92 Å². The summed E-state index contributed by atoms with van der Waals surface area (Å²) in [6, 6.07) is 0.447. The summed E-state index contributed by atoms with van der Waals surface area (Å²) in [6.45, 7) is 9.43. The van der Waals surface area contributed by atoms with Crippen molar-refractivity contribution in [2.75, 3.05) is 20.2 Å². The largest absolute Gasteiger partial charge is 0.464 e. The number of piperidine rings is 1. The van der Waals surface area contributed by atoms with E-state index in [1.54, 1.807) is 0 Å². The fraction of sp³-hybridized carbons (Fsp3) is 0.923. The Bertz CT molecular complexity index is 333. The van der Waals surface area contributed by atoms with Crippen LogP contribution in [-0.2, 0) is 14.3 Å². The van der Waals surface area contributed by atoms with E-state index in [-0.39, 0.29) is 11.6 Å². The minimum absolute atomic E-state index is 0.205. The molecule has 2 fully saturated rings. The second kappa shape index (κ2) is 3.95. The number of carbonyl (C=O) groups excluding carboxylic acids is 1. The van der Waals surface area contributed by atoms with Crippen LogP contribution >= 0.6 is 0 Å². The highest BCUT2D eigenvalue weighted by molar-refractivity contribution is 5.84. The highest BCUT2D eigenvalue weighted by Crippen LogP contribution is 2.58. The minimum Gasteiger partial charge on any atom is -0.464 e. The Kier molecular flexibility index (Phi) is 2.99. The molecule has 0 radical (unpaired) electrons. The molecule has 0 amide bonds. The number of likely N-dealkylation sites (tertiary alicyclic amines) is 1. The van der Waals surface area contributed by atoms with Gasteiger partial charge in [-0.25, -0.2) is 4.79 Å². The van der Waals surface area contributed by atoms with Crippen LogP contribution in [0.5, 0.6) is 0 Å². The van der Waals surface area contributed by atoms with Crippen LogP contribution in [0.1, 0.15) is 34.1 Å². The van der Waals surface area contributed by atoms with Crippen molar-refractivity contribution in [3.05, 3.63) is 0 Å². The maximum Gasteiger partial charge on any atom is 0.341 e. The maximum absolute atomic E-state index is 12.0. The SMILES string of the molecule is CCOC(=O)[C@@]1(C)O[C@]12C[C@H](C)N(C)C[C@@H]2C. The Morgan fingerprint density at radius 1 is 1.53 bits per heavy atom. The van der Waals surface area contributed by atoms with E-state index in [1.807, 2.05) is 13.8 Å². The minimum atomic E-state index is -0.724. The molecule has 4 nitrogen and oxygen atoms in total. The van der Waals surface area contributed by atoms with Gasteiger partial charge in [-0.3, -0.25) is 0 Å². The molecular formula is C13H23NO3. The first-order valence-electron chi connectivity index (χ1n) is 6.45. The Hall–Kier alpha value is -0.610. The van der Waals surface area contributed by atoms with E-state index in [2.05, 4.69) is 25.8 Å². The summed E-state index contributed by atoms with van der Waals surface area (Å²) < 4.78 is 11.0. The molecule has 0 aliphatic carbocycles. The van der Waals surface area contributed by atoms with Gasteiger partial charge >= 0.3 is 5.97 Å². The van der Waals surface area contributed by atoms with Crippen LogP contribution in [0.4, 0.5) is 0 Å². The molecular weight excluding hydrogens is 218 g/mol. The van der Waals surface area contributed by atoms with Crippen molar-refractivity contribution in [3.8, 4) is 0 Å². The molecule has 0 bridgehead atoms. The van der Waals surface area contributed by atoms with Crippen LogP contribution in [0.25, 0.3) is 0 Å². The molecule has 0 aromatic heterocycles. The van der Waals surface area contributed by atoms with Gasteiger partial charge in [-0.15, -0.1) is 0 Å². The summed E-state index contributed by atoms with van der Waals surface area (Å²) >= 11 is 0. The van der Waals surface area contributed by atoms with Gasteiger partial charge in [0.1, 0.15) is 5.60 Å². The molecule has 4 atom stereocenters. The number of nitrogens with zero attached hydrogens (tertiary/aromatic N) is 1. The molecule has 2 aliphatic rings. The third-order valence-corrected chi connectivity index (χ3v) is 4.53. The van der Waals surface area contributed by atoms with E-state index < -0.39 is 5.60 Å². The fourth-order valence-corrected chi connectivity index (χ4v) is 3.18. The zero-order valence-corrected chi connectivity index (χ0v) is 11.4. The van der Waals surface area contributed by atoms with Gasteiger partial charge < -0.3 is 14.4 Å². The van der Waals surface area contributed by atoms with E-state index in [4.69, 9.17) is 9.47 Å². The molecule has 2 heterocycles. The van der Waals surface area contributed by atoms with Crippen molar-refractivity contribution in [2.24, 2.45) is 5.92 Å². The van der Waals surface area contributed by atoms with E-state index in [0.29, 0.717) is 18.6 Å². The number of ether oxygens (including phenoxy) is 2. The van der Waals surface area contributed by atoms with E-state index >= 15 is 0 Å². The summed E-state index contributed by atoms with van der Waals surface area (Å²) in [5.41, 5.74) is -1.02. The molecule has 2 saturated heterocycles. The molecule has 0 N–H and O–H groups in total. The lowest BCUT2D eigenvalue weighted by Gasteiger charge is -2.39. The third kappa shape index (κ3) is 1.69. The second-order valence-corrected chi connectivity index (χ2v) is 5.64. The van der Waals surface area contributed by atoms with Gasteiger partial charge in [0.05, 0.1) is 6.61 Å². The average molecular weight is 241 g/mol. The highest BCUT2D eigenvalue weighted by Gasteiger charge is 2.75. The van der Waals surface area contributed by atoms with E-state index in [1.165, 1.54) is 0 Å². The van der Waals surface area contributed by atoms with Crippen LogP contribution < -0.4 is 0 Å². The predicted molar refractivity (Wildman–Crippen MR) is 64.7 cm³/mol. The van der Waals surface area contributed by atoms with Crippen molar-refractivity contribution in [1.29, 1.82) is 0 Å². The zero-order chi connectivity index (χ0) is 12.8. The van der Waals surface area contributed by atoms with Crippen molar-refractivity contribution < 1.29 is 14.3 Å². The smallest absolute Gasteiger partial charge is 0.341 e. The van der Waals surface area contributed by atoms with Crippen LogP contribution in [0.3, 0.4) is 0 Å². The predicted octanol–water partition coefficient (Wildman–Crippen LogP) is 1.44. The number of hydrogen-bond acceptors (Lipinski definition) is 4. The molecule has 1 spiro atoms. The van der Waals surface area contributed by atoms with Crippen molar-refractivity contribution in [1.82, 2.24) is 4.90 Å². The Labute approximate surface area is 103 Å². The first-order chi connectivity index (χ1) is 7.87. The number of epoxide rings is 1. The van der Waals surface area contributed by atoms with Gasteiger partial charge in [0.15, 0.2) is 5.60 Å². The summed E-state index contributed by atoms with van der Waals surface area (Å²) in [7, 11) is 2.12. The average Bonchev–Trinajstić information content (AvgIpc) is 2.85. The number of hydrogen-bond donors (Lipinski definition) is 0. The first-order valence-corrected chi connectivity index (χ1v) is 6.45. The van der Waals surface area contributed by atoms with Crippen molar-refractivity contribution >= 4 is 5.97 Å². The van der Waals surface area contributed by atoms with Gasteiger partial charge in [-0.2, -0.15) is 0 Å². The van der Waals surface area contributed by atoms with Crippen molar-refractivity contribution in [3.63, 3.8) is 0 Å². The number of esters is 1. The summed E-state index contributed by atoms with van der Waals surface area (Å²) in [4.78, 5) is 14.3. The molecule has 2 rings (SSSR count). The van der Waals surface area contributed by atoms with Crippen LogP contribution in [0.15, 0.2) is 0 Å². The topological polar surface area (TPSA) is 42.1 Å². The van der Waals surface area contributed by atoms with Crippen LogP contribution in [0.2, 0.25) is 0 Å². The Balaban J connectivity index is 2.15. The lowest BCUT2D eigenvalue weighted by atomic mass is 9.76. The third-order valence-electron chi connectivity index (χ3n) is 4.53. The van der Waals surface area contributed by atoms with Gasteiger partial charge in [-0.05, 0) is 34.2 Å². The Morgan fingerprint density at radius 2 is 2.18 bits per heavy atom.